The van der Waals surface area contributed by atoms with Crippen LogP contribution in [0, 0.1) is 18.8 Å². The summed E-state index contributed by atoms with van der Waals surface area (Å²) in [7, 11) is -0.909. The van der Waals surface area contributed by atoms with Crippen molar-refractivity contribution >= 4 is 10.8 Å². The maximum atomic E-state index is 12.7. The van der Waals surface area contributed by atoms with Gasteiger partial charge in [0.2, 0.25) is 0 Å². The molecule has 18 heavy (non-hydrogen) atoms. The third-order valence-corrected chi connectivity index (χ3v) is 5.89. The summed E-state index contributed by atoms with van der Waals surface area (Å²) < 4.78 is 12.7. The highest BCUT2D eigenvalue weighted by Crippen LogP contribution is 2.33. The fourth-order valence-corrected chi connectivity index (χ4v) is 4.62. The molecular formula is C15H23NOS. The molecular weight excluding hydrogens is 242 g/mol. The van der Waals surface area contributed by atoms with Crippen molar-refractivity contribution in [2.24, 2.45) is 17.6 Å². The Labute approximate surface area is 112 Å². The summed E-state index contributed by atoms with van der Waals surface area (Å²) in [6.07, 6.45) is 3.39. The van der Waals surface area contributed by atoms with Gasteiger partial charge in [-0.25, -0.2) is 0 Å². The largest absolute Gasteiger partial charge is 0.330 e. The van der Waals surface area contributed by atoms with E-state index in [1.165, 1.54) is 12.0 Å². The van der Waals surface area contributed by atoms with Crippen LogP contribution in [0.5, 0.6) is 0 Å². The van der Waals surface area contributed by atoms with Crippen LogP contribution < -0.4 is 5.73 Å². The van der Waals surface area contributed by atoms with Crippen molar-refractivity contribution in [1.82, 2.24) is 0 Å². The predicted octanol–water partition coefficient (Wildman–Crippen LogP) is 2.87. The molecule has 1 saturated carbocycles. The minimum Gasteiger partial charge on any atom is -0.330 e. The van der Waals surface area contributed by atoms with Gasteiger partial charge < -0.3 is 5.73 Å². The molecule has 0 heterocycles. The molecule has 1 aromatic rings. The van der Waals surface area contributed by atoms with E-state index in [2.05, 4.69) is 13.8 Å². The van der Waals surface area contributed by atoms with Crippen molar-refractivity contribution in [3.63, 3.8) is 0 Å². The molecule has 2 rings (SSSR count). The van der Waals surface area contributed by atoms with Crippen molar-refractivity contribution in [2.45, 2.75) is 43.3 Å². The Balaban J connectivity index is 2.17. The van der Waals surface area contributed by atoms with Crippen molar-refractivity contribution in [3.05, 3.63) is 29.8 Å². The van der Waals surface area contributed by atoms with Gasteiger partial charge in [0.15, 0.2) is 0 Å². The molecule has 4 unspecified atom stereocenters. The standard InChI is InChI=1S/C15H23NOS/c1-11-4-7-14(8-5-11)18(17)15-9-12(2)3-6-13(15)10-16/h4-5,7-8,12-13,15H,3,6,9-10,16H2,1-2H3. The number of aryl methyl sites for hydroxylation is 1. The van der Waals surface area contributed by atoms with Crippen LogP contribution in [0.4, 0.5) is 0 Å². The molecule has 4 atom stereocenters. The van der Waals surface area contributed by atoms with Crippen LogP contribution in [-0.2, 0) is 10.8 Å². The van der Waals surface area contributed by atoms with Crippen LogP contribution in [0.3, 0.4) is 0 Å². The van der Waals surface area contributed by atoms with Gasteiger partial charge in [0.05, 0.1) is 10.8 Å². The molecule has 0 spiro atoms. The fourth-order valence-electron chi connectivity index (χ4n) is 2.77. The van der Waals surface area contributed by atoms with Crippen LogP contribution >= 0.6 is 0 Å². The van der Waals surface area contributed by atoms with Gasteiger partial charge in [-0.2, -0.15) is 0 Å². The highest BCUT2D eigenvalue weighted by atomic mass is 32.2. The van der Waals surface area contributed by atoms with Gasteiger partial charge >= 0.3 is 0 Å². The van der Waals surface area contributed by atoms with Crippen molar-refractivity contribution in [1.29, 1.82) is 0 Å². The number of hydrogen-bond donors (Lipinski definition) is 1. The molecule has 100 valence electrons. The Hall–Kier alpha value is -0.670. The average molecular weight is 265 g/mol. The van der Waals surface area contributed by atoms with Gasteiger partial charge in [0, 0.05) is 10.1 Å². The molecule has 0 bridgehead atoms. The first-order valence-electron chi connectivity index (χ1n) is 6.79. The zero-order valence-corrected chi connectivity index (χ0v) is 12.1. The predicted molar refractivity (Wildman–Crippen MR) is 76.9 cm³/mol. The van der Waals surface area contributed by atoms with Crippen molar-refractivity contribution < 1.29 is 4.21 Å². The smallest absolute Gasteiger partial charge is 0.0564 e. The van der Waals surface area contributed by atoms with Crippen molar-refractivity contribution in [3.8, 4) is 0 Å². The van der Waals surface area contributed by atoms with Gasteiger partial charge in [-0.05, 0) is 50.3 Å². The van der Waals surface area contributed by atoms with Gasteiger partial charge in [0.25, 0.3) is 0 Å². The molecule has 2 nitrogen and oxygen atoms in total. The highest BCUT2D eigenvalue weighted by Gasteiger charge is 2.32. The second-order valence-electron chi connectivity index (χ2n) is 5.56. The summed E-state index contributed by atoms with van der Waals surface area (Å²) in [5.41, 5.74) is 7.06. The number of nitrogens with two attached hydrogens (primary N) is 1. The zero-order chi connectivity index (χ0) is 13.1. The Morgan fingerprint density at radius 1 is 1.28 bits per heavy atom. The Morgan fingerprint density at radius 3 is 2.56 bits per heavy atom. The number of rotatable bonds is 3. The van der Waals surface area contributed by atoms with Crippen LogP contribution in [0.25, 0.3) is 0 Å². The fraction of sp³-hybridized carbons (Fsp3) is 0.600. The van der Waals surface area contributed by atoms with Gasteiger partial charge in [0.1, 0.15) is 0 Å². The Kier molecular flexibility index (Phi) is 4.57. The Bertz CT molecular complexity index is 415. The second kappa shape index (κ2) is 5.98. The summed E-state index contributed by atoms with van der Waals surface area (Å²) in [6.45, 7) is 4.97. The summed E-state index contributed by atoms with van der Waals surface area (Å²) >= 11 is 0. The molecule has 3 heteroatoms. The van der Waals surface area contributed by atoms with Crippen LogP contribution in [0.2, 0.25) is 0 Å². The summed E-state index contributed by atoms with van der Waals surface area (Å²) in [5.74, 6) is 1.09. The molecule has 2 N–H and O–H groups in total. The first-order chi connectivity index (χ1) is 8.61. The molecule has 1 aromatic carbocycles. The minimum absolute atomic E-state index is 0.237. The van der Waals surface area contributed by atoms with E-state index < -0.39 is 10.8 Å². The SMILES string of the molecule is Cc1ccc(S(=O)C2CC(C)CCC2CN)cc1. The lowest BCUT2D eigenvalue weighted by Gasteiger charge is -2.33. The monoisotopic (exact) mass is 265 g/mol. The molecule has 0 amide bonds. The first kappa shape index (κ1) is 13.8. The molecule has 0 radical (unpaired) electrons. The maximum absolute atomic E-state index is 12.7. The van der Waals surface area contributed by atoms with E-state index in [9.17, 15) is 4.21 Å². The summed E-state index contributed by atoms with van der Waals surface area (Å²) in [6, 6.07) is 8.07. The lowest BCUT2D eigenvalue weighted by molar-refractivity contribution is 0.302. The molecule has 0 aromatic heterocycles. The third-order valence-electron chi connectivity index (χ3n) is 4.02. The molecule has 1 aliphatic carbocycles. The zero-order valence-electron chi connectivity index (χ0n) is 11.3. The van der Waals surface area contributed by atoms with E-state index >= 15 is 0 Å². The van der Waals surface area contributed by atoms with Gasteiger partial charge in [-0.1, -0.05) is 31.0 Å². The Morgan fingerprint density at radius 2 is 1.94 bits per heavy atom. The first-order valence-corrected chi connectivity index (χ1v) is 8.00. The lowest BCUT2D eigenvalue weighted by atomic mass is 9.82. The molecule has 1 fully saturated rings. The van der Waals surface area contributed by atoms with Crippen LogP contribution in [0.15, 0.2) is 29.2 Å². The molecule has 1 aliphatic rings. The number of hydrogen-bond acceptors (Lipinski definition) is 2. The van der Waals surface area contributed by atoms with Gasteiger partial charge in [-0.3, -0.25) is 4.21 Å². The van der Waals surface area contributed by atoms with E-state index in [1.807, 2.05) is 24.3 Å². The van der Waals surface area contributed by atoms with E-state index in [0.29, 0.717) is 18.4 Å². The van der Waals surface area contributed by atoms with E-state index in [1.54, 1.807) is 0 Å². The maximum Gasteiger partial charge on any atom is 0.0564 e. The van der Waals surface area contributed by atoms with E-state index in [4.69, 9.17) is 5.73 Å². The quantitative estimate of drug-likeness (QED) is 0.913. The summed E-state index contributed by atoms with van der Waals surface area (Å²) in [5, 5.41) is 0.237. The lowest BCUT2D eigenvalue weighted by Crippen LogP contribution is -2.36. The third kappa shape index (κ3) is 3.01. The second-order valence-corrected chi connectivity index (χ2v) is 7.23. The average Bonchev–Trinajstić information content (AvgIpc) is 2.39. The summed E-state index contributed by atoms with van der Waals surface area (Å²) in [4.78, 5) is 0.957. The number of benzene rings is 1. The van der Waals surface area contributed by atoms with Gasteiger partial charge in [-0.15, -0.1) is 0 Å². The van der Waals surface area contributed by atoms with Crippen LogP contribution in [-0.4, -0.2) is 16.0 Å². The topological polar surface area (TPSA) is 43.1 Å². The molecule has 0 saturated heterocycles. The van der Waals surface area contributed by atoms with Crippen LogP contribution in [0.1, 0.15) is 31.7 Å². The van der Waals surface area contributed by atoms with E-state index in [0.717, 1.165) is 17.7 Å². The van der Waals surface area contributed by atoms with Crippen molar-refractivity contribution in [2.75, 3.05) is 6.54 Å². The minimum atomic E-state index is -0.909. The van der Waals surface area contributed by atoms with E-state index in [-0.39, 0.29) is 5.25 Å². The molecule has 0 aliphatic heterocycles. The normalized spacial score (nSPS) is 30.1. The highest BCUT2D eigenvalue weighted by molar-refractivity contribution is 7.85.